The molecule has 1 saturated carbocycles. The first-order valence-electron chi connectivity index (χ1n) is 6.67. The van der Waals surface area contributed by atoms with Gasteiger partial charge in [-0.3, -0.25) is 9.59 Å². The third-order valence-corrected chi connectivity index (χ3v) is 4.78. The number of amides is 1. The Bertz CT molecular complexity index is 409. The molecule has 4 atom stereocenters. The Morgan fingerprint density at radius 2 is 2.11 bits per heavy atom. The van der Waals surface area contributed by atoms with E-state index in [-0.39, 0.29) is 17.9 Å². The molecular weight excluding hydrogens is 248 g/mol. The summed E-state index contributed by atoms with van der Waals surface area (Å²) in [4.78, 5) is 23.2. The van der Waals surface area contributed by atoms with Gasteiger partial charge >= 0.3 is 5.97 Å². The maximum absolute atomic E-state index is 12.4. The minimum Gasteiger partial charge on any atom is -0.480 e. The third-order valence-electron chi connectivity index (χ3n) is 4.78. The van der Waals surface area contributed by atoms with E-state index in [1.807, 2.05) is 13.8 Å². The highest BCUT2D eigenvalue weighted by atomic mass is 16.5. The number of hydrogen-bond acceptors (Lipinski definition) is 4. The van der Waals surface area contributed by atoms with Crippen LogP contribution >= 0.6 is 0 Å². The molecule has 0 aromatic heterocycles. The van der Waals surface area contributed by atoms with E-state index in [0.717, 1.165) is 12.8 Å². The lowest BCUT2D eigenvalue weighted by Gasteiger charge is -2.65. The molecule has 0 aromatic carbocycles. The molecule has 1 aliphatic carbocycles. The molecule has 6 heteroatoms. The molecule has 1 saturated heterocycles. The summed E-state index contributed by atoms with van der Waals surface area (Å²) >= 11 is 0. The zero-order chi connectivity index (χ0) is 14.4. The van der Waals surface area contributed by atoms with Crippen molar-refractivity contribution in [2.45, 2.75) is 51.3 Å². The summed E-state index contributed by atoms with van der Waals surface area (Å²) in [6.45, 7) is 5.95. The molecule has 2 rings (SSSR count). The van der Waals surface area contributed by atoms with Crippen molar-refractivity contribution in [3.8, 4) is 0 Å². The Balaban J connectivity index is 2.17. The van der Waals surface area contributed by atoms with Crippen LogP contribution in [0.25, 0.3) is 0 Å². The fourth-order valence-corrected chi connectivity index (χ4v) is 3.41. The van der Waals surface area contributed by atoms with E-state index in [1.165, 1.54) is 6.92 Å². The molecule has 0 aromatic rings. The van der Waals surface area contributed by atoms with E-state index >= 15 is 0 Å². The van der Waals surface area contributed by atoms with E-state index in [1.54, 1.807) is 0 Å². The predicted octanol–water partition coefficient (Wildman–Crippen LogP) is 0.108. The summed E-state index contributed by atoms with van der Waals surface area (Å²) in [5, 5.41) is 11.4. The topological polar surface area (TPSA) is 102 Å². The SMILES string of the molecule is C[C@@H](NC(=O)C1(N)C2CCCOC2C1(C)C)C(=O)O. The van der Waals surface area contributed by atoms with Crippen LogP contribution < -0.4 is 11.1 Å². The van der Waals surface area contributed by atoms with Crippen LogP contribution in [0.2, 0.25) is 0 Å². The molecule has 108 valence electrons. The van der Waals surface area contributed by atoms with Gasteiger partial charge in [-0.2, -0.15) is 0 Å². The molecule has 4 N–H and O–H groups in total. The minimum absolute atomic E-state index is 0.0165. The average molecular weight is 270 g/mol. The van der Waals surface area contributed by atoms with E-state index in [0.29, 0.717) is 6.61 Å². The van der Waals surface area contributed by atoms with Crippen molar-refractivity contribution in [3.05, 3.63) is 0 Å². The highest BCUT2D eigenvalue weighted by Crippen LogP contribution is 2.57. The molecule has 19 heavy (non-hydrogen) atoms. The molecule has 1 aliphatic heterocycles. The zero-order valence-electron chi connectivity index (χ0n) is 11.6. The first kappa shape index (κ1) is 14.3. The molecule has 3 unspecified atom stereocenters. The largest absolute Gasteiger partial charge is 0.480 e. The summed E-state index contributed by atoms with van der Waals surface area (Å²) in [5.41, 5.74) is 4.80. The molecule has 0 radical (unpaired) electrons. The number of nitrogens with one attached hydrogen (secondary N) is 1. The van der Waals surface area contributed by atoms with Crippen LogP contribution in [0.3, 0.4) is 0 Å². The van der Waals surface area contributed by atoms with E-state index in [9.17, 15) is 9.59 Å². The number of ether oxygens (including phenoxy) is 1. The van der Waals surface area contributed by atoms with E-state index in [4.69, 9.17) is 15.6 Å². The van der Waals surface area contributed by atoms with E-state index in [2.05, 4.69) is 5.32 Å². The molecule has 1 amide bonds. The fourth-order valence-electron chi connectivity index (χ4n) is 3.41. The Morgan fingerprint density at radius 3 is 2.68 bits per heavy atom. The molecule has 2 fully saturated rings. The Hall–Kier alpha value is -1.14. The summed E-state index contributed by atoms with van der Waals surface area (Å²) < 4.78 is 5.71. The number of aliphatic carboxylic acids is 1. The maximum atomic E-state index is 12.4. The van der Waals surface area contributed by atoms with Gasteiger partial charge in [-0.1, -0.05) is 13.8 Å². The lowest BCUT2D eigenvalue weighted by atomic mass is 9.46. The first-order chi connectivity index (χ1) is 8.73. The Morgan fingerprint density at radius 1 is 1.47 bits per heavy atom. The number of carbonyl (C=O) groups is 2. The Kier molecular flexibility index (Phi) is 3.35. The van der Waals surface area contributed by atoms with Crippen LogP contribution in [-0.4, -0.2) is 41.3 Å². The van der Waals surface area contributed by atoms with Crippen molar-refractivity contribution in [2.75, 3.05) is 6.61 Å². The minimum atomic E-state index is -1.06. The second-order valence-corrected chi connectivity index (χ2v) is 6.16. The highest BCUT2D eigenvalue weighted by Gasteiger charge is 2.70. The van der Waals surface area contributed by atoms with Crippen molar-refractivity contribution >= 4 is 11.9 Å². The van der Waals surface area contributed by atoms with Crippen LogP contribution in [-0.2, 0) is 14.3 Å². The van der Waals surface area contributed by atoms with Crippen molar-refractivity contribution in [1.29, 1.82) is 0 Å². The van der Waals surface area contributed by atoms with Gasteiger partial charge in [-0.15, -0.1) is 0 Å². The second kappa shape index (κ2) is 4.45. The highest BCUT2D eigenvalue weighted by molar-refractivity contribution is 5.92. The summed E-state index contributed by atoms with van der Waals surface area (Å²) in [6, 6.07) is -0.938. The standard InChI is InChI=1S/C13H22N2O4/c1-7(10(16)17)15-11(18)13(14)8-5-4-6-19-9(8)12(13,2)3/h7-9H,4-6,14H2,1-3H3,(H,15,18)(H,16,17)/t7-,8?,9?,13?/m1/s1. The van der Waals surface area contributed by atoms with Gasteiger partial charge < -0.3 is 20.9 Å². The van der Waals surface area contributed by atoms with Gasteiger partial charge in [0, 0.05) is 17.9 Å². The van der Waals surface area contributed by atoms with Crippen molar-refractivity contribution in [2.24, 2.45) is 17.1 Å². The summed E-state index contributed by atoms with van der Waals surface area (Å²) in [5.74, 6) is -1.48. The van der Waals surface area contributed by atoms with Crippen LogP contribution in [0.4, 0.5) is 0 Å². The fraction of sp³-hybridized carbons (Fsp3) is 0.846. The van der Waals surface area contributed by atoms with Gasteiger partial charge in [0.25, 0.3) is 0 Å². The number of hydrogen-bond donors (Lipinski definition) is 3. The van der Waals surface area contributed by atoms with Crippen LogP contribution in [0.15, 0.2) is 0 Å². The third kappa shape index (κ3) is 1.85. The first-order valence-corrected chi connectivity index (χ1v) is 6.67. The van der Waals surface area contributed by atoms with Gasteiger partial charge in [-0.25, -0.2) is 0 Å². The second-order valence-electron chi connectivity index (χ2n) is 6.16. The monoisotopic (exact) mass is 270 g/mol. The van der Waals surface area contributed by atoms with Gasteiger partial charge in [0.2, 0.25) is 5.91 Å². The molecule has 2 aliphatic rings. The van der Waals surface area contributed by atoms with Crippen molar-refractivity contribution in [3.63, 3.8) is 0 Å². The zero-order valence-corrected chi connectivity index (χ0v) is 11.6. The molecule has 1 heterocycles. The number of rotatable bonds is 3. The van der Waals surface area contributed by atoms with Gasteiger partial charge in [0.05, 0.1) is 6.10 Å². The van der Waals surface area contributed by atoms with Crippen molar-refractivity contribution in [1.82, 2.24) is 5.32 Å². The summed E-state index contributed by atoms with van der Waals surface area (Å²) in [6.07, 6.45) is 1.72. The maximum Gasteiger partial charge on any atom is 0.325 e. The predicted molar refractivity (Wildman–Crippen MR) is 68.4 cm³/mol. The number of carboxylic acid groups (broad SMARTS) is 1. The van der Waals surface area contributed by atoms with Gasteiger partial charge in [-0.05, 0) is 19.8 Å². The Labute approximate surface area is 112 Å². The average Bonchev–Trinajstić information content (AvgIpc) is 2.37. The number of fused-ring (bicyclic) bond motifs is 1. The number of carboxylic acids is 1. The van der Waals surface area contributed by atoms with Crippen LogP contribution in [0.5, 0.6) is 0 Å². The smallest absolute Gasteiger partial charge is 0.325 e. The van der Waals surface area contributed by atoms with Crippen LogP contribution in [0.1, 0.15) is 33.6 Å². The molecule has 6 nitrogen and oxygen atoms in total. The normalized spacial score (nSPS) is 37.7. The summed E-state index contributed by atoms with van der Waals surface area (Å²) in [7, 11) is 0. The molecule has 0 bridgehead atoms. The van der Waals surface area contributed by atoms with E-state index < -0.39 is 23.0 Å². The number of nitrogens with two attached hydrogens (primary N) is 1. The van der Waals surface area contributed by atoms with Crippen molar-refractivity contribution < 1.29 is 19.4 Å². The lowest BCUT2D eigenvalue weighted by Crippen LogP contribution is -2.82. The van der Waals surface area contributed by atoms with Gasteiger partial charge in [0.1, 0.15) is 11.6 Å². The lowest BCUT2D eigenvalue weighted by molar-refractivity contribution is -0.225. The number of carbonyl (C=O) groups excluding carboxylic acids is 1. The quantitative estimate of drug-likeness (QED) is 0.675. The van der Waals surface area contributed by atoms with Crippen LogP contribution in [0, 0.1) is 11.3 Å². The molecular formula is C13H22N2O4. The molecule has 0 spiro atoms. The van der Waals surface area contributed by atoms with Gasteiger partial charge in [0.15, 0.2) is 0 Å².